The highest BCUT2D eigenvalue weighted by molar-refractivity contribution is 7.23. The third kappa shape index (κ3) is 4.69. The standard InChI is InChI=1S/C21H26ClN5O3S/c1-3-27-16(7-8-23-27)20(28)26(10-4-9-25-11-13-30-14-12-25)21-24-18-17(29-2)6-5-15(22)19(18)31-21/h5-8H,3-4,9-14H2,1-2H3. The van der Waals surface area contributed by atoms with Crippen molar-refractivity contribution in [3.05, 3.63) is 35.1 Å². The zero-order chi connectivity index (χ0) is 21.8. The average molecular weight is 464 g/mol. The normalized spacial score (nSPS) is 14.8. The first-order valence-electron chi connectivity index (χ1n) is 10.4. The van der Waals surface area contributed by atoms with Crippen molar-refractivity contribution in [2.45, 2.75) is 19.9 Å². The number of hydrogen-bond donors (Lipinski definition) is 0. The van der Waals surface area contributed by atoms with Crippen LogP contribution in [0.1, 0.15) is 23.8 Å². The number of aromatic nitrogens is 3. The molecule has 1 fully saturated rings. The number of rotatable bonds is 8. The lowest BCUT2D eigenvalue weighted by molar-refractivity contribution is 0.0376. The van der Waals surface area contributed by atoms with Crippen LogP contribution in [0.25, 0.3) is 10.2 Å². The van der Waals surface area contributed by atoms with E-state index in [4.69, 9.17) is 26.1 Å². The highest BCUT2D eigenvalue weighted by atomic mass is 35.5. The number of halogens is 1. The predicted octanol–water partition coefficient (Wildman–Crippen LogP) is 3.54. The van der Waals surface area contributed by atoms with Crippen molar-refractivity contribution >= 4 is 44.2 Å². The third-order valence-corrected chi connectivity index (χ3v) is 6.88. The SMILES string of the molecule is CCn1nccc1C(=O)N(CCCN1CCOCC1)c1nc2c(OC)ccc(Cl)c2s1. The topological polar surface area (TPSA) is 72.7 Å². The molecule has 0 saturated carbocycles. The molecule has 0 spiro atoms. The van der Waals surface area contributed by atoms with Gasteiger partial charge in [0.15, 0.2) is 5.13 Å². The van der Waals surface area contributed by atoms with E-state index in [-0.39, 0.29) is 5.91 Å². The molecule has 0 unspecified atom stereocenters. The predicted molar refractivity (Wildman–Crippen MR) is 123 cm³/mol. The quantitative estimate of drug-likeness (QED) is 0.508. The molecule has 31 heavy (non-hydrogen) atoms. The van der Waals surface area contributed by atoms with Crippen LogP contribution in [-0.2, 0) is 11.3 Å². The molecule has 1 saturated heterocycles. The third-order valence-electron chi connectivity index (χ3n) is 5.34. The van der Waals surface area contributed by atoms with Gasteiger partial charge in [0, 0.05) is 38.9 Å². The number of methoxy groups -OCH3 is 1. The summed E-state index contributed by atoms with van der Waals surface area (Å²) in [6.07, 6.45) is 2.48. The van der Waals surface area contributed by atoms with Gasteiger partial charge in [-0.1, -0.05) is 22.9 Å². The van der Waals surface area contributed by atoms with E-state index in [1.54, 1.807) is 41.1 Å². The Morgan fingerprint density at radius 3 is 2.87 bits per heavy atom. The molecule has 1 aromatic carbocycles. The number of thiazole rings is 1. The van der Waals surface area contributed by atoms with Crippen LogP contribution in [-0.4, -0.2) is 72.1 Å². The minimum absolute atomic E-state index is 0.115. The van der Waals surface area contributed by atoms with E-state index in [0.29, 0.717) is 40.2 Å². The van der Waals surface area contributed by atoms with E-state index in [1.807, 2.05) is 6.92 Å². The molecule has 4 rings (SSSR count). The molecule has 10 heteroatoms. The summed E-state index contributed by atoms with van der Waals surface area (Å²) in [5, 5.41) is 5.46. The Hall–Kier alpha value is -2.20. The van der Waals surface area contributed by atoms with Crippen molar-refractivity contribution in [3.8, 4) is 5.75 Å². The number of benzene rings is 1. The fraction of sp³-hybridized carbons (Fsp3) is 0.476. The van der Waals surface area contributed by atoms with Crippen molar-refractivity contribution in [1.29, 1.82) is 0 Å². The molecule has 0 radical (unpaired) electrons. The molecule has 1 amide bonds. The second-order valence-electron chi connectivity index (χ2n) is 7.22. The molecule has 1 aliphatic rings. The summed E-state index contributed by atoms with van der Waals surface area (Å²) in [5.41, 5.74) is 1.22. The summed E-state index contributed by atoms with van der Waals surface area (Å²) in [6.45, 7) is 7.39. The van der Waals surface area contributed by atoms with Gasteiger partial charge in [-0.25, -0.2) is 4.98 Å². The Bertz CT molecular complexity index is 1050. The second kappa shape index (κ2) is 9.95. The molecule has 8 nitrogen and oxygen atoms in total. The molecule has 3 aromatic rings. The van der Waals surface area contributed by atoms with Gasteiger partial charge < -0.3 is 9.47 Å². The van der Waals surface area contributed by atoms with Gasteiger partial charge in [-0.05, 0) is 31.5 Å². The van der Waals surface area contributed by atoms with Crippen LogP contribution < -0.4 is 9.64 Å². The Labute approximate surface area is 190 Å². The van der Waals surface area contributed by atoms with Crippen molar-refractivity contribution in [2.24, 2.45) is 0 Å². The number of ether oxygens (including phenoxy) is 2. The lowest BCUT2D eigenvalue weighted by Gasteiger charge is -2.27. The van der Waals surface area contributed by atoms with Gasteiger partial charge in [0.2, 0.25) is 0 Å². The van der Waals surface area contributed by atoms with Crippen LogP contribution in [0.4, 0.5) is 5.13 Å². The van der Waals surface area contributed by atoms with Crippen LogP contribution in [0.15, 0.2) is 24.4 Å². The molecule has 0 bridgehead atoms. The molecule has 0 aliphatic carbocycles. The van der Waals surface area contributed by atoms with Gasteiger partial charge >= 0.3 is 0 Å². The summed E-state index contributed by atoms with van der Waals surface area (Å²) in [7, 11) is 1.60. The lowest BCUT2D eigenvalue weighted by atomic mass is 10.3. The number of amides is 1. The number of anilines is 1. The van der Waals surface area contributed by atoms with Gasteiger partial charge in [-0.3, -0.25) is 19.3 Å². The van der Waals surface area contributed by atoms with Gasteiger partial charge in [0.1, 0.15) is 17.0 Å². The first-order chi connectivity index (χ1) is 15.1. The molecule has 0 N–H and O–H groups in total. The van der Waals surface area contributed by atoms with Crippen LogP contribution in [0.3, 0.4) is 0 Å². The van der Waals surface area contributed by atoms with Crippen LogP contribution in [0, 0.1) is 0 Å². The summed E-state index contributed by atoms with van der Waals surface area (Å²) >= 11 is 7.82. The smallest absolute Gasteiger partial charge is 0.278 e. The maximum atomic E-state index is 13.5. The Balaban J connectivity index is 1.63. The highest BCUT2D eigenvalue weighted by Gasteiger charge is 2.25. The van der Waals surface area contributed by atoms with Gasteiger partial charge in [-0.2, -0.15) is 5.10 Å². The Morgan fingerprint density at radius 1 is 1.32 bits per heavy atom. The maximum Gasteiger partial charge on any atom is 0.278 e. The molecular weight excluding hydrogens is 438 g/mol. The van der Waals surface area contributed by atoms with E-state index in [9.17, 15) is 4.79 Å². The van der Waals surface area contributed by atoms with E-state index >= 15 is 0 Å². The molecule has 3 heterocycles. The van der Waals surface area contributed by atoms with Crippen molar-refractivity contribution in [3.63, 3.8) is 0 Å². The average Bonchev–Trinajstić information content (AvgIpc) is 3.45. The fourth-order valence-corrected chi connectivity index (χ4v) is 4.97. The van der Waals surface area contributed by atoms with Crippen LogP contribution >= 0.6 is 22.9 Å². The number of hydrogen-bond acceptors (Lipinski definition) is 7. The van der Waals surface area contributed by atoms with Gasteiger partial charge in [0.25, 0.3) is 5.91 Å². The van der Waals surface area contributed by atoms with Crippen LogP contribution in [0.2, 0.25) is 5.02 Å². The fourth-order valence-electron chi connectivity index (χ4n) is 3.69. The number of carbonyl (C=O) groups is 1. The first kappa shape index (κ1) is 22.0. The van der Waals surface area contributed by atoms with Crippen molar-refractivity contribution in [1.82, 2.24) is 19.7 Å². The van der Waals surface area contributed by atoms with Crippen molar-refractivity contribution < 1.29 is 14.3 Å². The van der Waals surface area contributed by atoms with Gasteiger partial charge in [0.05, 0.1) is 30.0 Å². The summed E-state index contributed by atoms with van der Waals surface area (Å²) in [6, 6.07) is 5.34. The molecule has 1 aliphatic heterocycles. The molecule has 2 aromatic heterocycles. The lowest BCUT2D eigenvalue weighted by Crippen LogP contribution is -2.39. The molecular formula is C21H26ClN5O3S. The number of fused-ring (bicyclic) bond motifs is 1. The zero-order valence-corrected chi connectivity index (χ0v) is 19.3. The number of aryl methyl sites for hydroxylation is 1. The van der Waals surface area contributed by atoms with E-state index in [2.05, 4.69) is 10.00 Å². The second-order valence-corrected chi connectivity index (χ2v) is 8.61. The summed E-state index contributed by atoms with van der Waals surface area (Å²) < 4.78 is 13.4. The minimum atomic E-state index is -0.115. The van der Waals surface area contributed by atoms with Crippen molar-refractivity contribution in [2.75, 3.05) is 51.4 Å². The Kier molecular flexibility index (Phi) is 7.06. The summed E-state index contributed by atoms with van der Waals surface area (Å²) in [5.74, 6) is 0.525. The minimum Gasteiger partial charge on any atom is -0.494 e. The largest absolute Gasteiger partial charge is 0.494 e. The number of carbonyl (C=O) groups excluding carboxylic acids is 1. The number of morpholine rings is 1. The van der Waals surface area contributed by atoms with E-state index in [0.717, 1.165) is 44.0 Å². The molecule has 0 atom stereocenters. The number of nitrogens with zero attached hydrogens (tertiary/aromatic N) is 5. The van der Waals surface area contributed by atoms with Gasteiger partial charge in [-0.15, -0.1) is 0 Å². The highest BCUT2D eigenvalue weighted by Crippen LogP contribution is 2.39. The van der Waals surface area contributed by atoms with E-state index in [1.165, 1.54) is 11.3 Å². The summed E-state index contributed by atoms with van der Waals surface area (Å²) in [4.78, 5) is 22.4. The molecule has 166 valence electrons. The van der Waals surface area contributed by atoms with E-state index < -0.39 is 0 Å². The zero-order valence-electron chi connectivity index (χ0n) is 17.7. The monoisotopic (exact) mass is 463 g/mol. The first-order valence-corrected chi connectivity index (χ1v) is 11.6. The maximum absolute atomic E-state index is 13.5. The van der Waals surface area contributed by atoms with Crippen LogP contribution in [0.5, 0.6) is 5.75 Å². The Morgan fingerprint density at radius 2 is 2.13 bits per heavy atom.